The highest BCUT2D eigenvalue weighted by molar-refractivity contribution is 7.99. The Hall–Kier alpha value is -1.28. The molecule has 7 nitrogen and oxygen atoms in total. The predicted molar refractivity (Wildman–Crippen MR) is 60.1 cm³/mol. The first-order valence-electron chi connectivity index (χ1n) is 4.80. The molecule has 90 valence electrons. The lowest BCUT2D eigenvalue weighted by Crippen LogP contribution is -2.26. The van der Waals surface area contributed by atoms with Gasteiger partial charge in [0.05, 0.1) is 0 Å². The average molecular weight is 246 g/mol. The average Bonchev–Trinajstić information content (AvgIpc) is 2.69. The largest absolute Gasteiger partial charge is 0.396 e. The van der Waals surface area contributed by atoms with Crippen molar-refractivity contribution >= 4 is 23.5 Å². The summed E-state index contributed by atoms with van der Waals surface area (Å²) in [5, 5.41) is 17.9. The Morgan fingerprint density at radius 3 is 2.94 bits per heavy atom. The Morgan fingerprint density at radius 2 is 2.31 bits per heavy atom. The summed E-state index contributed by atoms with van der Waals surface area (Å²) in [4.78, 5) is 11.4. The SMILES string of the molecule is Nc1nonc1C(=O)NCCSCCCO. The third kappa shape index (κ3) is 4.07. The molecule has 0 aliphatic heterocycles. The summed E-state index contributed by atoms with van der Waals surface area (Å²) in [5.41, 5.74) is 5.36. The number of aliphatic hydroxyl groups excluding tert-OH is 1. The number of carbonyl (C=O) groups is 1. The molecule has 0 radical (unpaired) electrons. The Kier molecular flexibility index (Phi) is 5.65. The fourth-order valence-corrected chi connectivity index (χ4v) is 1.73. The second-order valence-electron chi connectivity index (χ2n) is 2.94. The van der Waals surface area contributed by atoms with Crippen molar-refractivity contribution < 1.29 is 14.5 Å². The van der Waals surface area contributed by atoms with Crippen LogP contribution in [-0.4, -0.2) is 46.0 Å². The van der Waals surface area contributed by atoms with Crippen molar-refractivity contribution in [3.63, 3.8) is 0 Å². The van der Waals surface area contributed by atoms with Crippen molar-refractivity contribution in [2.24, 2.45) is 0 Å². The molecule has 8 heteroatoms. The molecule has 0 atom stereocenters. The van der Waals surface area contributed by atoms with Crippen LogP contribution in [0.25, 0.3) is 0 Å². The van der Waals surface area contributed by atoms with Crippen LogP contribution in [-0.2, 0) is 0 Å². The van der Waals surface area contributed by atoms with Crippen LogP contribution in [0.5, 0.6) is 0 Å². The van der Waals surface area contributed by atoms with Gasteiger partial charge in [0, 0.05) is 18.9 Å². The molecule has 0 saturated carbocycles. The van der Waals surface area contributed by atoms with Gasteiger partial charge in [-0.1, -0.05) is 0 Å². The number of anilines is 1. The number of carbonyl (C=O) groups excluding carboxylic acids is 1. The number of rotatable bonds is 7. The van der Waals surface area contributed by atoms with Gasteiger partial charge in [0.25, 0.3) is 5.91 Å². The first-order chi connectivity index (χ1) is 7.75. The second-order valence-corrected chi connectivity index (χ2v) is 4.17. The van der Waals surface area contributed by atoms with Crippen molar-refractivity contribution in [1.82, 2.24) is 15.6 Å². The van der Waals surface area contributed by atoms with Gasteiger partial charge < -0.3 is 16.2 Å². The van der Waals surface area contributed by atoms with Gasteiger partial charge in [0.1, 0.15) is 0 Å². The topological polar surface area (TPSA) is 114 Å². The number of thioether (sulfide) groups is 1. The molecule has 0 fully saturated rings. The van der Waals surface area contributed by atoms with E-state index in [2.05, 4.69) is 20.3 Å². The van der Waals surface area contributed by atoms with Crippen LogP contribution in [0, 0.1) is 0 Å². The Balaban J connectivity index is 2.14. The van der Waals surface area contributed by atoms with Crippen LogP contribution in [0.1, 0.15) is 16.9 Å². The van der Waals surface area contributed by atoms with Crippen molar-refractivity contribution in [1.29, 1.82) is 0 Å². The third-order valence-electron chi connectivity index (χ3n) is 1.71. The molecule has 1 amide bonds. The zero-order valence-corrected chi connectivity index (χ0v) is 9.50. The molecule has 0 saturated heterocycles. The maximum absolute atomic E-state index is 11.4. The third-order valence-corrected chi connectivity index (χ3v) is 2.78. The van der Waals surface area contributed by atoms with E-state index in [1.807, 2.05) is 0 Å². The molecule has 0 aliphatic rings. The number of nitrogens with zero attached hydrogens (tertiary/aromatic N) is 2. The molecule has 0 spiro atoms. The maximum Gasteiger partial charge on any atom is 0.277 e. The second kappa shape index (κ2) is 7.07. The van der Waals surface area contributed by atoms with Gasteiger partial charge in [-0.2, -0.15) is 11.8 Å². The first-order valence-corrected chi connectivity index (χ1v) is 5.96. The number of hydrogen-bond acceptors (Lipinski definition) is 7. The van der Waals surface area contributed by atoms with Gasteiger partial charge in [-0.25, -0.2) is 4.63 Å². The molecule has 1 aromatic heterocycles. The monoisotopic (exact) mass is 246 g/mol. The zero-order chi connectivity index (χ0) is 11.8. The Bertz CT molecular complexity index is 331. The van der Waals surface area contributed by atoms with Crippen LogP contribution >= 0.6 is 11.8 Å². The van der Waals surface area contributed by atoms with Crippen molar-refractivity contribution in [2.45, 2.75) is 6.42 Å². The number of hydrogen-bond donors (Lipinski definition) is 3. The lowest BCUT2D eigenvalue weighted by molar-refractivity contribution is 0.0947. The van der Waals surface area contributed by atoms with E-state index < -0.39 is 0 Å². The minimum atomic E-state index is -0.387. The zero-order valence-electron chi connectivity index (χ0n) is 8.68. The smallest absolute Gasteiger partial charge is 0.277 e. The molecule has 4 N–H and O–H groups in total. The van der Waals surface area contributed by atoms with Crippen molar-refractivity contribution in [2.75, 3.05) is 30.4 Å². The van der Waals surface area contributed by atoms with Crippen LogP contribution < -0.4 is 11.1 Å². The van der Waals surface area contributed by atoms with Gasteiger partial charge in [-0.15, -0.1) is 0 Å². The standard InChI is InChI=1S/C8H14N4O3S/c9-7-6(11-15-12-7)8(14)10-2-5-16-4-1-3-13/h13H,1-5H2,(H2,9,12)(H,10,14). The number of amides is 1. The lowest BCUT2D eigenvalue weighted by atomic mass is 10.4. The molecular weight excluding hydrogens is 232 g/mol. The summed E-state index contributed by atoms with van der Waals surface area (Å²) in [7, 11) is 0. The highest BCUT2D eigenvalue weighted by atomic mass is 32.2. The Morgan fingerprint density at radius 1 is 1.50 bits per heavy atom. The highest BCUT2D eigenvalue weighted by Crippen LogP contribution is 2.04. The van der Waals surface area contributed by atoms with Crippen LogP contribution in [0.3, 0.4) is 0 Å². The summed E-state index contributed by atoms with van der Waals surface area (Å²) in [6.07, 6.45) is 0.763. The first kappa shape index (κ1) is 12.8. The van der Waals surface area contributed by atoms with E-state index in [9.17, 15) is 4.79 Å². The molecule has 1 heterocycles. The quantitative estimate of drug-likeness (QED) is 0.555. The lowest BCUT2D eigenvalue weighted by Gasteiger charge is -2.02. The van der Waals surface area contributed by atoms with Crippen LogP contribution in [0.4, 0.5) is 5.82 Å². The van der Waals surface area contributed by atoms with Gasteiger partial charge in [0.15, 0.2) is 0 Å². The molecule has 1 rings (SSSR count). The van der Waals surface area contributed by atoms with E-state index in [0.29, 0.717) is 6.54 Å². The number of aromatic nitrogens is 2. The van der Waals surface area contributed by atoms with Gasteiger partial charge in [-0.3, -0.25) is 4.79 Å². The summed E-state index contributed by atoms with van der Waals surface area (Å²) in [6.45, 7) is 0.710. The molecule has 0 unspecified atom stereocenters. The van der Waals surface area contributed by atoms with E-state index in [0.717, 1.165) is 17.9 Å². The van der Waals surface area contributed by atoms with Crippen LogP contribution in [0.2, 0.25) is 0 Å². The molecular formula is C8H14N4O3S. The molecule has 16 heavy (non-hydrogen) atoms. The predicted octanol–water partition coefficient (Wildman–Crippen LogP) is -0.503. The van der Waals surface area contributed by atoms with E-state index in [4.69, 9.17) is 10.8 Å². The number of nitrogens with one attached hydrogen (secondary N) is 1. The minimum absolute atomic E-state index is 0.00886. The summed E-state index contributed by atoms with van der Waals surface area (Å²) < 4.78 is 4.31. The van der Waals surface area contributed by atoms with Crippen molar-refractivity contribution in [3.05, 3.63) is 5.69 Å². The summed E-state index contributed by atoms with van der Waals surface area (Å²) in [6, 6.07) is 0. The summed E-state index contributed by atoms with van der Waals surface area (Å²) >= 11 is 1.66. The minimum Gasteiger partial charge on any atom is -0.396 e. The maximum atomic E-state index is 11.4. The Labute approximate surface area is 96.7 Å². The van der Waals surface area contributed by atoms with Gasteiger partial charge >= 0.3 is 0 Å². The number of nitrogen functional groups attached to an aromatic ring is 1. The number of nitrogens with two attached hydrogens (primary N) is 1. The van der Waals surface area contributed by atoms with E-state index in [1.54, 1.807) is 11.8 Å². The van der Waals surface area contributed by atoms with E-state index in [-0.39, 0.29) is 24.0 Å². The van der Waals surface area contributed by atoms with Gasteiger partial charge in [-0.05, 0) is 22.5 Å². The molecule has 0 aliphatic carbocycles. The fraction of sp³-hybridized carbons (Fsp3) is 0.625. The normalized spacial score (nSPS) is 10.3. The van der Waals surface area contributed by atoms with E-state index in [1.165, 1.54) is 0 Å². The fourth-order valence-electron chi connectivity index (χ4n) is 0.942. The summed E-state index contributed by atoms with van der Waals surface area (Å²) in [5.74, 6) is 1.25. The molecule has 0 bridgehead atoms. The van der Waals surface area contributed by atoms with Crippen LogP contribution in [0.15, 0.2) is 4.63 Å². The highest BCUT2D eigenvalue weighted by Gasteiger charge is 2.14. The van der Waals surface area contributed by atoms with Gasteiger partial charge in [0.2, 0.25) is 11.5 Å². The molecule has 1 aromatic rings. The van der Waals surface area contributed by atoms with Crippen molar-refractivity contribution in [3.8, 4) is 0 Å². The van der Waals surface area contributed by atoms with E-state index >= 15 is 0 Å². The number of aliphatic hydroxyl groups is 1. The molecule has 0 aromatic carbocycles.